The summed E-state index contributed by atoms with van der Waals surface area (Å²) in [6.45, 7) is 0. The van der Waals surface area contributed by atoms with Crippen molar-refractivity contribution in [2.75, 3.05) is 5.88 Å². The smallest absolute Gasteiger partial charge is 0.0857 e. The Morgan fingerprint density at radius 3 is 3.00 bits per heavy atom. The zero-order valence-electron chi connectivity index (χ0n) is 3.63. The molecule has 1 rings (SSSR count). The summed E-state index contributed by atoms with van der Waals surface area (Å²) in [6, 6.07) is 0. The molecule has 0 amide bonds. The van der Waals surface area contributed by atoms with Crippen molar-refractivity contribution in [1.29, 1.82) is 0 Å². The monoisotopic (exact) mass is 146 g/mol. The number of nitrogens with zero attached hydrogens (tertiary/aromatic N) is 1. The van der Waals surface area contributed by atoms with E-state index in [0.717, 1.165) is 5.88 Å². The average Bonchev–Trinajstić information content (AvgIpc) is 1.69. The lowest BCUT2D eigenvalue weighted by Gasteiger charge is -2.08. The lowest BCUT2D eigenvalue weighted by Crippen LogP contribution is -1.99. The molecule has 0 aromatic rings. The Morgan fingerprint density at radius 1 is 1.86 bits per heavy atom. The summed E-state index contributed by atoms with van der Waals surface area (Å²) in [4.78, 5) is 4.00. The van der Waals surface area contributed by atoms with Gasteiger partial charge in [0.15, 0.2) is 0 Å². The van der Waals surface area contributed by atoms with Crippen LogP contribution in [-0.2, 0) is 0 Å². The normalized spacial score (nSPS) is 30.7. The van der Waals surface area contributed by atoms with E-state index in [1.807, 2.05) is 5.55 Å². The molecule has 7 heavy (non-hydrogen) atoms. The van der Waals surface area contributed by atoms with Crippen molar-refractivity contribution in [3.05, 3.63) is 0 Å². The van der Waals surface area contributed by atoms with Gasteiger partial charge in [0.25, 0.3) is 0 Å². The van der Waals surface area contributed by atoms with Gasteiger partial charge >= 0.3 is 0 Å². The predicted octanol–water partition coefficient (Wildman–Crippen LogP) is 0.904. The summed E-state index contributed by atoms with van der Waals surface area (Å²) >= 11 is 3.50. The van der Waals surface area contributed by atoms with Crippen LogP contribution in [0.1, 0.15) is 0 Å². The van der Waals surface area contributed by atoms with Crippen molar-refractivity contribution in [3.8, 4) is 0 Å². The first kappa shape index (κ1) is 5.72. The average molecular weight is 146 g/mol. The molecular weight excluding hydrogens is 142 g/mol. The Bertz CT molecular complexity index is 85.0. The molecule has 37 valence electrons. The molecule has 0 fully saturated rings. The van der Waals surface area contributed by atoms with E-state index in [0.29, 0.717) is 4.21 Å². The zero-order valence-corrected chi connectivity index (χ0v) is 6.26. The largest absolute Gasteiger partial charge is 0.276 e. The molecule has 0 saturated carbocycles. The fourth-order valence-corrected chi connectivity index (χ4v) is 1.99. The first-order valence-corrected chi connectivity index (χ1v) is 4.43. The van der Waals surface area contributed by atoms with Gasteiger partial charge in [0.1, 0.15) is 0 Å². The van der Waals surface area contributed by atoms with Gasteiger partial charge in [-0.3, -0.25) is 4.99 Å². The highest BCUT2D eigenvalue weighted by molar-refractivity contribution is 8.25. The molecule has 1 nitrogen and oxygen atoms in total. The standard InChI is InChI=1S/C3H4NS2Si/c7-3-5-1-4-2-6-3/h1,3H,2H2. The number of thioether (sulfide) groups is 2. The molecule has 0 aromatic carbocycles. The van der Waals surface area contributed by atoms with Crippen molar-refractivity contribution < 1.29 is 0 Å². The number of hydrogen-bond donors (Lipinski definition) is 0. The van der Waals surface area contributed by atoms with Crippen LogP contribution in [0.5, 0.6) is 0 Å². The van der Waals surface area contributed by atoms with Crippen LogP contribution in [0.3, 0.4) is 0 Å². The Kier molecular flexibility index (Phi) is 2.28. The van der Waals surface area contributed by atoms with Crippen LogP contribution in [0.2, 0.25) is 0 Å². The minimum Gasteiger partial charge on any atom is -0.276 e. The summed E-state index contributed by atoms with van der Waals surface area (Å²) in [5, 5.41) is 0. The van der Waals surface area contributed by atoms with Gasteiger partial charge in [0.2, 0.25) is 0 Å². The molecule has 3 radical (unpaired) electrons. The Hall–Kier alpha value is 0.587. The molecule has 1 unspecified atom stereocenters. The summed E-state index contributed by atoms with van der Waals surface area (Å²) < 4.78 is 0.525. The quantitative estimate of drug-likeness (QED) is 0.471. The molecule has 1 heterocycles. The third-order valence-electron chi connectivity index (χ3n) is 0.559. The van der Waals surface area contributed by atoms with Gasteiger partial charge in [0, 0.05) is 4.21 Å². The van der Waals surface area contributed by atoms with Gasteiger partial charge in [0.05, 0.1) is 21.7 Å². The zero-order chi connectivity index (χ0) is 5.11. The molecule has 0 bridgehead atoms. The first-order valence-electron chi connectivity index (χ1n) is 1.86. The summed E-state index contributed by atoms with van der Waals surface area (Å²) in [6.07, 6.45) is 0. The van der Waals surface area contributed by atoms with E-state index in [9.17, 15) is 0 Å². The lowest BCUT2D eigenvalue weighted by molar-refractivity contribution is 1.40. The highest BCUT2D eigenvalue weighted by atomic mass is 32.2. The van der Waals surface area contributed by atoms with Crippen molar-refractivity contribution >= 4 is 39.3 Å². The highest BCUT2D eigenvalue weighted by Gasteiger charge is 2.02. The highest BCUT2D eigenvalue weighted by Crippen LogP contribution is 2.22. The van der Waals surface area contributed by atoms with Crippen molar-refractivity contribution in [3.63, 3.8) is 0 Å². The second-order valence-corrected chi connectivity index (χ2v) is 4.78. The van der Waals surface area contributed by atoms with Crippen LogP contribution in [-0.4, -0.2) is 25.9 Å². The minimum absolute atomic E-state index is 0.525. The fourth-order valence-electron chi connectivity index (χ4n) is 0.279. The van der Waals surface area contributed by atoms with E-state index >= 15 is 0 Å². The molecule has 0 aliphatic carbocycles. The second-order valence-electron chi connectivity index (χ2n) is 1.05. The second kappa shape index (κ2) is 2.79. The van der Waals surface area contributed by atoms with Crippen LogP contribution < -0.4 is 0 Å². The van der Waals surface area contributed by atoms with Gasteiger partial charge in [-0.1, -0.05) is 0 Å². The van der Waals surface area contributed by atoms with Crippen LogP contribution in [0.15, 0.2) is 4.99 Å². The van der Waals surface area contributed by atoms with Crippen molar-refractivity contribution in [2.45, 2.75) is 4.21 Å². The number of rotatable bonds is 0. The van der Waals surface area contributed by atoms with Gasteiger partial charge in [-0.05, 0) is 0 Å². The minimum atomic E-state index is 0.525. The molecular formula is C3H4NS2Si. The van der Waals surface area contributed by atoms with E-state index in [2.05, 4.69) is 15.2 Å². The molecule has 0 N–H and O–H groups in total. The van der Waals surface area contributed by atoms with Crippen molar-refractivity contribution in [2.24, 2.45) is 4.99 Å². The molecule has 1 aliphatic heterocycles. The van der Waals surface area contributed by atoms with E-state index in [-0.39, 0.29) is 0 Å². The van der Waals surface area contributed by atoms with Crippen LogP contribution in [0, 0.1) is 0 Å². The Morgan fingerprint density at radius 2 is 2.71 bits per heavy atom. The maximum atomic E-state index is 4.00. The summed E-state index contributed by atoms with van der Waals surface area (Å²) in [5.74, 6) is 0.904. The van der Waals surface area contributed by atoms with Gasteiger partial charge in [-0.15, -0.1) is 23.5 Å². The van der Waals surface area contributed by atoms with Gasteiger partial charge < -0.3 is 0 Å². The molecule has 1 aliphatic rings. The summed E-state index contributed by atoms with van der Waals surface area (Å²) in [7, 11) is 3.47. The van der Waals surface area contributed by atoms with E-state index in [1.54, 1.807) is 23.5 Å². The van der Waals surface area contributed by atoms with E-state index in [1.165, 1.54) is 0 Å². The molecule has 0 saturated heterocycles. The van der Waals surface area contributed by atoms with Crippen LogP contribution in [0.25, 0.3) is 0 Å². The predicted molar refractivity (Wildman–Crippen MR) is 38.1 cm³/mol. The molecule has 1 atom stereocenters. The van der Waals surface area contributed by atoms with Gasteiger partial charge in [-0.2, -0.15) is 0 Å². The van der Waals surface area contributed by atoms with Gasteiger partial charge in [-0.25, -0.2) is 0 Å². The van der Waals surface area contributed by atoms with Crippen LogP contribution >= 0.6 is 23.5 Å². The molecule has 0 spiro atoms. The number of hydrogen-bond acceptors (Lipinski definition) is 3. The van der Waals surface area contributed by atoms with Crippen molar-refractivity contribution in [1.82, 2.24) is 0 Å². The summed E-state index contributed by atoms with van der Waals surface area (Å²) in [5.41, 5.74) is 1.88. The number of aliphatic imine (C=N–C) groups is 1. The lowest BCUT2D eigenvalue weighted by atomic mass is 11.4. The maximum absolute atomic E-state index is 4.00. The molecule has 0 aromatic heterocycles. The Labute approximate surface area is 54.8 Å². The topological polar surface area (TPSA) is 12.4 Å². The SMILES string of the molecule is [Si]C1SC=NCS1. The Balaban J connectivity index is 2.32. The van der Waals surface area contributed by atoms with E-state index in [4.69, 9.17) is 0 Å². The maximum Gasteiger partial charge on any atom is 0.0857 e. The fraction of sp³-hybridized carbons (Fsp3) is 0.667. The van der Waals surface area contributed by atoms with E-state index < -0.39 is 0 Å². The first-order chi connectivity index (χ1) is 3.39. The third kappa shape index (κ3) is 1.88. The van der Waals surface area contributed by atoms with Crippen LogP contribution in [0.4, 0.5) is 0 Å². The third-order valence-corrected chi connectivity index (χ3v) is 3.33. The molecule has 4 heteroatoms.